The monoisotopic (exact) mass is 240 g/mol. The van der Waals surface area contributed by atoms with E-state index >= 15 is 0 Å². The van der Waals surface area contributed by atoms with Gasteiger partial charge in [0.25, 0.3) is 0 Å². The molecule has 0 unspecified atom stereocenters. The van der Waals surface area contributed by atoms with E-state index in [-0.39, 0.29) is 5.75 Å². The van der Waals surface area contributed by atoms with Gasteiger partial charge in [0.2, 0.25) is 0 Å². The molecule has 1 aromatic rings. The molecule has 0 aromatic heterocycles. The molecular formula is C13H17FO3. The molecule has 94 valence electrons. The van der Waals surface area contributed by atoms with E-state index in [0.717, 1.165) is 6.07 Å². The Labute approximate surface area is 99.8 Å². The van der Waals surface area contributed by atoms with Crippen molar-refractivity contribution in [3.05, 3.63) is 29.6 Å². The molecule has 0 aliphatic carbocycles. The van der Waals surface area contributed by atoms with Crippen LogP contribution in [0.15, 0.2) is 18.2 Å². The Bertz CT molecular complexity index is 377. The molecule has 0 bridgehead atoms. The third-order valence-corrected chi connectivity index (χ3v) is 3.64. The first-order valence-corrected chi connectivity index (χ1v) is 5.80. The van der Waals surface area contributed by atoms with Crippen LogP contribution in [0.25, 0.3) is 0 Å². The van der Waals surface area contributed by atoms with Crippen LogP contribution < -0.4 is 0 Å². The Morgan fingerprint density at radius 1 is 1.29 bits per heavy atom. The quantitative estimate of drug-likeness (QED) is 0.830. The fraction of sp³-hybridized carbons (Fsp3) is 0.538. The Morgan fingerprint density at radius 2 is 1.94 bits per heavy atom. The Balaban J connectivity index is 2.44. The van der Waals surface area contributed by atoms with E-state index in [1.54, 1.807) is 6.92 Å². The number of rotatable bonds is 2. The lowest BCUT2D eigenvalue weighted by molar-refractivity contribution is -0.00856. The van der Waals surface area contributed by atoms with Gasteiger partial charge in [0.05, 0.1) is 6.10 Å². The Kier molecular flexibility index (Phi) is 3.35. The molecule has 17 heavy (non-hydrogen) atoms. The lowest BCUT2D eigenvalue weighted by Gasteiger charge is -2.40. The molecule has 2 rings (SSSR count). The zero-order chi connectivity index (χ0) is 12.5. The standard InChI is InChI=1S/C13H17FO3/c1-9(15)13(2-4-17-5-3-13)10-6-11(14)8-12(16)7-10/h6-9,15-16H,2-5H2,1H3/t9-/m0/s1. The van der Waals surface area contributed by atoms with Gasteiger partial charge in [-0.15, -0.1) is 0 Å². The molecule has 2 N–H and O–H groups in total. The molecule has 4 heteroatoms. The topological polar surface area (TPSA) is 49.7 Å². The van der Waals surface area contributed by atoms with E-state index in [1.807, 2.05) is 0 Å². The van der Waals surface area contributed by atoms with Gasteiger partial charge in [-0.3, -0.25) is 0 Å². The van der Waals surface area contributed by atoms with E-state index in [9.17, 15) is 14.6 Å². The van der Waals surface area contributed by atoms with Gasteiger partial charge >= 0.3 is 0 Å². The molecule has 1 heterocycles. The maximum absolute atomic E-state index is 13.3. The molecule has 1 saturated heterocycles. The molecule has 3 nitrogen and oxygen atoms in total. The lowest BCUT2D eigenvalue weighted by atomic mass is 9.70. The molecular weight excluding hydrogens is 223 g/mol. The van der Waals surface area contributed by atoms with Crippen molar-refractivity contribution in [2.45, 2.75) is 31.3 Å². The van der Waals surface area contributed by atoms with Crippen LogP contribution in [-0.4, -0.2) is 29.5 Å². The summed E-state index contributed by atoms with van der Waals surface area (Å²) in [6.07, 6.45) is 0.661. The first kappa shape index (κ1) is 12.3. The summed E-state index contributed by atoms with van der Waals surface area (Å²) >= 11 is 0. The molecule has 1 aliphatic rings. The second kappa shape index (κ2) is 4.63. The largest absolute Gasteiger partial charge is 0.508 e. The van der Waals surface area contributed by atoms with Gasteiger partial charge < -0.3 is 14.9 Å². The SMILES string of the molecule is C[C@H](O)C1(c2cc(O)cc(F)c2)CCOCC1. The van der Waals surface area contributed by atoms with Gasteiger partial charge in [0, 0.05) is 24.7 Å². The summed E-state index contributed by atoms with van der Waals surface area (Å²) in [6, 6.07) is 3.98. The molecule has 1 aliphatic heterocycles. The van der Waals surface area contributed by atoms with Crippen molar-refractivity contribution in [3.8, 4) is 5.75 Å². The predicted molar refractivity (Wildman–Crippen MR) is 61.5 cm³/mol. The normalized spacial score (nSPS) is 21.1. The summed E-state index contributed by atoms with van der Waals surface area (Å²) in [6.45, 7) is 2.79. The van der Waals surface area contributed by atoms with Crippen molar-refractivity contribution >= 4 is 0 Å². The Hall–Kier alpha value is -1.13. The highest BCUT2D eigenvalue weighted by atomic mass is 19.1. The summed E-state index contributed by atoms with van der Waals surface area (Å²) < 4.78 is 18.6. The third-order valence-electron chi connectivity index (χ3n) is 3.64. The first-order valence-electron chi connectivity index (χ1n) is 5.80. The highest BCUT2D eigenvalue weighted by Crippen LogP contribution is 2.39. The van der Waals surface area contributed by atoms with Gasteiger partial charge in [-0.05, 0) is 37.5 Å². The van der Waals surface area contributed by atoms with Gasteiger partial charge in [-0.25, -0.2) is 4.39 Å². The highest BCUT2D eigenvalue weighted by Gasteiger charge is 2.39. The average molecular weight is 240 g/mol. The van der Waals surface area contributed by atoms with Crippen LogP contribution in [0, 0.1) is 5.82 Å². The van der Waals surface area contributed by atoms with Crippen LogP contribution in [0.3, 0.4) is 0 Å². The average Bonchev–Trinajstić information content (AvgIpc) is 2.28. The van der Waals surface area contributed by atoms with E-state index in [4.69, 9.17) is 4.74 Å². The predicted octanol–water partition coefficient (Wildman–Crippen LogP) is 1.96. The van der Waals surface area contributed by atoms with Crippen molar-refractivity contribution in [2.75, 3.05) is 13.2 Å². The maximum atomic E-state index is 13.3. The van der Waals surface area contributed by atoms with E-state index < -0.39 is 17.3 Å². The zero-order valence-corrected chi connectivity index (χ0v) is 9.82. The number of hydrogen-bond acceptors (Lipinski definition) is 3. The van der Waals surface area contributed by atoms with Gasteiger partial charge in [-0.1, -0.05) is 0 Å². The summed E-state index contributed by atoms with van der Waals surface area (Å²) in [5.41, 5.74) is 0.131. The number of aromatic hydroxyl groups is 1. The van der Waals surface area contributed by atoms with Crippen LogP contribution in [-0.2, 0) is 10.2 Å². The first-order chi connectivity index (χ1) is 8.04. The number of phenolic OH excluding ortho intramolecular Hbond substituents is 1. The molecule has 1 atom stereocenters. The third kappa shape index (κ3) is 2.28. The number of phenols is 1. The van der Waals surface area contributed by atoms with E-state index in [0.29, 0.717) is 31.6 Å². The molecule has 1 aromatic carbocycles. The summed E-state index contributed by atoms with van der Waals surface area (Å²) in [4.78, 5) is 0. The van der Waals surface area contributed by atoms with Crippen LogP contribution in [0.4, 0.5) is 4.39 Å². The fourth-order valence-electron chi connectivity index (χ4n) is 2.54. The number of hydrogen-bond donors (Lipinski definition) is 2. The second-order valence-electron chi connectivity index (χ2n) is 4.64. The number of ether oxygens (including phenoxy) is 1. The zero-order valence-electron chi connectivity index (χ0n) is 9.82. The number of aliphatic hydroxyl groups is 1. The second-order valence-corrected chi connectivity index (χ2v) is 4.64. The number of aliphatic hydroxyl groups excluding tert-OH is 1. The van der Waals surface area contributed by atoms with Crippen LogP contribution in [0.5, 0.6) is 5.75 Å². The van der Waals surface area contributed by atoms with E-state index in [2.05, 4.69) is 0 Å². The molecule has 1 fully saturated rings. The van der Waals surface area contributed by atoms with E-state index in [1.165, 1.54) is 12.1 Å². The molecule has 0 saturated carbocycles. The van der Waals surface area contributed by atoms with Crippen molar-refractivity contribution in [1.29, 1.82) is 0 Å². The van der Waals surface area contributed by atoms with Gasteiger partial charge in [0.15, 0.2) is 0 Å². The summed E-state index contributed by atoms with van der Waals surface area (Å²) in [5, 5.41) is 19.5. The van der Waals surface area contributed by atoms with Crippen molar-refractivity contribution < 1.29 is 19.3 Å². The van der Waals surface area contributed by atoms with Crippen molar-refractivity contribution in [2.24, 2.45) is 0 Å². The summed E-state index contributed by atoms with van der Waals surface area (Å²) in [5.74, 6) is -0.585. The smallest absolute Gasteiger partial charge is 0.127 e. The highest BCUT2D eigenvalue weighted by molar-refractivity contribution is 5.35. The lowest BCUT2D eigenvalue weighted by Crippen LogP contribution is -2.42. The fourth-order valence-corrected chi connectivity index (χ4v) is 2.54. The van der Waals surface area contributed by atoms with Gasteiger partial charge in [0.1, 0.15) is 11.6 Å². The summed E-state index contributed by atoms with van der Waals surface area (Å²) in [7, 11) is 0. The maximum Gasteiger partial charge on any atom is 0.127 e. The molecule has 0 radical (unpaired) electrons. The number of benzene rings is 1. The van der Waals surface area contributed by atoms with Crippen LogP contribution in [0.1, 0.15) is 25.3 Å². The number of halogens is 1. The van der Waals surface area contributed by atoms with Crippen molar-refractivity contribution in [3.63, 3.8) is 0 Å². The minimum Gasteiger partial charge on any atom is -0.508 e. The van der Waals surface area contributed by atoms with Crippen molar-refractivity contribution in [1.82, 2.24) is 0 Å². The minimum atomic E-state index is -0.604. The molecule has 0 amide bonds. The van der Waals surface area contributed by atoms with Crippen LogP contribution >= 0.6 is 0 Å². The minimum absolute atomic E-state index is 0.105. The van der Waals surface area contributed by atoms with Gasteiger partial charge in [-0.2, -0.15) is 0 Å². The molecule has 0 spiro atoms. The Morgan fingerprint density at radius 3 is 2.47 bits per heavy atom. The van der Waals surface area contributed by atoms with Crippen LogP contribution in [0.2, 0.25) is 0 Å².